The van der Waals surface area contributed by atoms with E-state index in [0.29, 0.717) is 11.4 Å². The van der Waals surface area contributed by atoms with Crippen LogP contribution in [0.5, 0.6) is 0 Å². The molecule has 0 aliphatic rings. The molecule has 0 aliphatic carbocycles. The molecule has 0 aromatic carbocycles. The second kappa shape index (κ2) is 7.81. The highest BCUT2D eigenvalue weighted by Gasteiger charge is 2.09. The maximum absolute atomic E-state index is 11.2. The van der Waals surface area contributed by atoms with Crippen LogP contribution in [-0.4, -0.2) is 21.8 Å². The summed E-state index contributed by atoms with van der Waals surface area (Å²) < 4.78 is 0. The number of nitrogens with one attached hydrogen (secondary N) is 2. The molecular weight excluding hydrogens is 320 g/mol. The van der Waals surface area contributed by atoms with Gasteiger partial charge in [0.25, 0.3) is 0 Å². The topological polar surface area (TPSA) is 84.0 Å². The second-order valence-corrected chi connectivity index (χ2v) is 6.49. The number of hydrogen-bond donors (Lipinski definition) is 2. The van der Waals surface area contributed by atoms with Gasteiger partial charge in [-0.15, -0.1) is 0 Å². The van der Waals surface area contributed by atoms with E-state index in [9.17, 15) is 9.59 Å². The number of hydrogen-bond acceptors (Lipinski definition) is 6. The molecule has 0 unspecified atom stereocenters. The third-order valence-corrected chi connectivity index (χ3v) is 4.83. The minimum atomic E-state index is -0.140. The monoisotopic (exact) mass is 334 g/mol. The van der Waals surface area contributed by atoms with Gasteiger partial charge in [-0.3, -0.25) is 19.6 Å². The molecule has 2 heterocycles. The van der Waals surface area contributed by atoms with Crippen LogP contribution in [0.1, 0.15) is 13.8 Å². The molecule has 0 saturated carbocycles. The van der Waals surface area contributed by atoms with Gasteiger partial charge in [0.15, 0.2) is 0 Å². The molecule has 0 fully saturated rings. The molecule has 2 aromatic heterocycles. The van der Waals surface area contributed by atoms with E-state index in [0.717, 1.165) is 9.79 Å². The molecule has 0 saturated heterocycles. The summed E-state index contributed by atoms with van der Waals surface area (Å²) >= 11 is 0. The van der Waals surface area contributed by atoms with Gasteiger partial charge in [0.2, 0.25) is 11.8 Å². The molecule has 22 heavy (non-hydrogen) atoms. The molecule has 0 radical (unpaired) electrons. The van der Waals surface area contributed by atoms with Crippen LogP contribution < -0.4 is 10.6 Å². The number of rotatable bonds is 5. The van der Waals surface area contributed by atoms with Gasteiger partial charge in [0.1, 0.15) is 0 Å². The molecule has 114 valence electrons. The Kier molecular flexibility index (Phi) is 5.79. The molecule has 8 heteroatoms. The SMILES string of the molecule is CC(=O)Nc1ccncc1SSc1cnccc1NC(C)=O. The predicted molar refractivity (Wildman–Crippen MR) is 88.8 cm³/mol. The van der Waals surface area contributed by atoms with Crippen LogP contribution in [0.15, 0.2) is 46.7 Å². The first-order valence-electron chi connectivity index (χ1n) is 6.34. The van der Waals surface area contributed by atoms with Crippen LogP contribution in [0.3, 0.4) is 0 Å². The van der Waals surface area contributed by atoms with E-state index in [2.05, 4.69) is 20.6 Å². The molecule has 2 aromatic rings. The molecule has 0 spiro atoms. The Morgan fingerprint density at radius 2 is 1.27 bits per heavy atom. The van der Waals surface area contributed by atoms with E-state index in [1.54, 1.807) is 36.9 Å². The first-order valence-corrected chi connectivity index (χ1v) is 8.49. The maximum Gasteiger partial charge on any atom is 0.221 e. The Hall–Kier alpha value is -2.06. The van der Waals surface area contributed by atoms with Crippen molar-refractivity contribution in [3.8, 4) is 0 Å². The van der Waals surface area contributed by atoms with Gasteiger partial charge in [0, 0.05) is 38.6 Å². The smallest absolute Gasteiger partial charge is 0.221 e. The fraction of sp³-hybridized carbons (Fsp3) is 0.143. The zero-order chi connectivity index (χ0) is 15.9. The zero-order valence-electron chi connectivity index (χ0n) is 12.0. The van der Waals surface area contributed by atoms with E-state index in [1.807, 2.05) is 0 Å². The summed E-state index contributed by atoms with van der Waals surface area (Å²) in [5.74, 6) is -0.281. The van der Waals surface area contributed by atoms with E-state index >= 15 is 0 Å². The standard InChI is InChI=1S/C14H14N4O2S2/c1-9(19)17-11-3-5-15-7-13(11)21-22-14-8-16-6-4-12(14)18-10(2)20/h3-8H,1-2H3,(H,15,17,19)(H,16,18,20). The number of carbonyl (C=O) groups is 2. The largest absolute Gasteiger partial charge is 0.325 e. The lowest BCUT2D eigenvalue weighted by molar-refractivity contribution is -0.115. The summed E-state index contributed by atoms with van der Waals surface area (Å²) in [4.78, 5) is 32.2. The van der Waals surface area contributed by atoms with Gasteiger partial charge in [-0.1, -0.05) is 0 Å². The van der Waals surface area contributed by atoms with Crippen LogP contribution in [-0.2, 0) is 9.59 Å². The van der Waals surface area contributed by atoms with Gasteiger partial charge in [-0.2, -0.15) is 0 Å². The lowest BCUT2D eigenvalue weighted by Gasteiger charge is -2.10. The van der Waals surface area contributed by atoms with Crippen LogP contribution >= 0.6 is 21.6 Å². The van der Waals surface area contributed by atoms with Crippen molar-refractivity contribution in [3.63, 3.8) is 0 Å². The van der Waals surface area contributed by atoms with Crippen molar-refractivity contribution in [1.82, 2.24) is 9.97 Å². The predicted octanol–water partition coefficient (Wildman–Crippen LogP) is 3.19. The van der Waals surface area contributed by atoms with Gasteiger partial charge in [-0.25, -0.2) is 0 Å². The number of anilines is 2. The van der Waals surface area contributed by atoms with Crippen molar-refractivity contribution in [1.29, 1.82) is 0 Å². The Bertz CT molecular complexity index is 635. The van der Waals surface area contributed by atoms with E-state index in [4.69, 9.17) is 0 Å². The average Bonchev–Trinajstić information content (AvgIpc) is 2.46. The molecule has 0 bridgehead atoms. The summed E-state index contributed by atoms with van der Waals surface area (Å²) in [5, 5.41) is 5.52. The Labute approximate surface area is 135 Å². The Morgan fingerprint density at radius 1 is 0.864 bits per heavy atom. The maximum atomic E-state index is 11.2. The number of amides is 2. The summed E-state index contributed by atoms with van der Waals surface area (Å²) in [5.41, 5.74) is 1.40. The molecule has 0 aliphatic heterocycles. The van der Waals surface area contributed by atoms with Crippen LogP contribution in [0, 0.1) is 0 Å². The van der Waals surface area contributed by atoms with E-state index in [-0.39, 0.29) is 11.8 Å². The van der Waals surface area contributed by atoms with Crippen molar-refractivity contribution < 1.29 is 9.59 Å². The summed E-state index contributed by atoms with van der Waals surface area (Å²) in [7, 11) is 2.86. The summed E-state index contributed by atoms with van der Waals surface area (Å²) in [6.45, 7) is 2.91. The highest BCUT2D eigenvalue weighted by molar-refractivity contribution is 8.76. The van der Waals surface area contributed by atoms with Gasteiger partial charge in [-0.05, 0) is 33.7 Å². The van der Waals surface area contributed by atoms with Crippen molar-refractivity contribution in [3.05, 3.63) is 36.9 Å². The first kappa shape index (κ1) is 16.3. The highest BCUT2D eigenvalue weighted by Crippen LogP contribution is 2.42. The molecular formula is C14H14N4O2S2. The van der Waals surface area contributed by atoms with Crippen molar-refractivity contribution in [2.24, 2.45) is 0 Å². The van der Waals surface area contributed by atoms with Crippen molar-refractivity contribution in [2.45, 2.75) is 23.6 Å². The minimum absolute atomic E-state index is 0.140. The number of carbonyl (C=O) groups excluding carboxylic acids is 2. The minimum Gasteiger partial charge on any atom is -0.325 e. The second-order valence-electron chi connectivity index (χ2n) is 4.27. The molecule has 0 atom stereocenters. The van der Waals surface area contributed by atoms with Crippen LogP contribution in [0.4, 0.5) is 11.4 Å². The van der Waals surface area contributed by atoms with E-state index < -0.39 is 0 Å². The third kappa shape index (κ3) is 4.74. The average molecular weight is 334 g/mol. The summed E-state index contributed by atoms with van der Waals surface area (Å²) in [6.07, 6.45) is 6.59. The van der Waals surface area contributed by atoms with Gasteiger partial charge >= 0.3 is 0 Å². The van der Waals surface area contributed by atoms with Crippen molar-refractivity contribution in [2.75, 3.05) is 10.6 Å². The zero-order valence-corrected chi connectivity index (χ0v) is 13.6. The first-order chi connectivity index (χ1) is 10.6. The fourth-order valence-electron chi connectivity index (χ4n) is 1.57. The molecule has 2 rings (SSSR count). The van der Waals surface area contributed by atoms with E-state index in [1.165, 1.54) is 35.4 Å². The van der Waals surface area contributed by atoms with Crippen molar-refractivity contribution >= 4 is 44.8 Å². The van der Waals surface area contributed by atoms with Gasteiger partial charge < -0.3 is 10.6 Å². The number of nitrogens with zero attached hydrogens (tertiary/aromatic N) is 2. The number of pyridine rings is 2. The molecule has 2 amide bonds. The number of aromatic nitrogens is 2. The highest BCUT2D eigenvalue weighted by atomic mass is 33.1. The van der Waals surface area contributed by atoms with Crippen LogP contribution in [0.2, 0.25) is 0 Å². The normalized spacial score (nSPS) is 10.1. The third-order valence-electron chi connectivity index (χ3n) is 2.41. The summed E-state index contributed by atoms with van der Waals surface area (Å²) in [6, 6.07) is 3.48. The van der Waals surface area contributed by atoms with Gasteiger partial charge in [0.05, 0.1) is 21.2 Å². The Morgan fingerprint density at radius 3 is 1.64 bits per heavy atom. The lowest BCUT2D eigenvalue weighted by Crippen LogP contribution is -2.07. The fourth-order valence-corrected chi connectivity index (χ4v) is 3.71. The Balaban J connectivity index is 2.14. The van der Waals surface area contributed by atoms with Crippen LogP contribution in [0.25, 0.3) is 0 Å². The lowest BCUT2D eigenvalue weighted by atomic mass is 10.4. The molecule has 2 N–H and O–H groups in total. The molecule has 6 nitrogen and oxygen atoms in total. The quantitative estimate of drug-likeness (QED) is 0.817.